The topological polar surface area (TPSA) is 46.6 Å². The van der Waals surface area contributed by atoms with Crippen LogP contribution < -0.4 is 9.64 Å². The van der Waals surface area contributed by atoms with Crippen molar-refractivity contribution in [1.29, 1.82) is 0 Å². The lowest BCUT2D eigenvalue weighted by molar-refractivity contribution is -0.122. The van der Waals surface area contributed by atoms with Crippen molar-refractivity contribution in [3.8, 4) is 5.75 Å². The van der Waals surface area contributed by atoms with Crippen LogP contribution in [0.2, 0.25) is 0 Å². The van der Waals surface area contributed by atoms with Crippen LogP contribution >= 0.6 is 11.6 Å². The molecular formula is C26H20ClNO3. The summed E-state index contributed by atoms with van der Waals surface area (Å²) in [4.78, 5) is 27.8. The number of alkyl halides is 1. The number of carbonyl (C=O) groups excluding carboxylic acids is 2. The van der Waals surface area contributed by atoms with Crippen LogP contribution in [0.3, 0.4) is 0 Å². The lowest BCUT2D eigenvalue weighted by Gasteiger charge is -2.50. The van der Waals surface area contributed by atoms with Crippen molar-refractivity contribution in [2.45, 2.75) is 17.7 Å². The maximum absolute atomic E-state index is 13.8. The molecule has 1 aliphatic heterocycles. The van der Waals surface area contributed by atoms with Crippen LogP contribution in [0.15, 0.2) is 72.8 Å². The van der Waals surface area contributed by atoms with Gasteiger partial charge in [0.1, 0.15) is 10.6 Å². The van der Waals surface area contributed by atoms with Crippen LogP contribution in [0.5, 0.6) is 5.75 Å². The second-order valence-corrected chi connectivity index (χ2v) is 8.90. The van der Waals surface area contributed by atoms with Gasteiger partial charge in [-0.05, 0) is 53.4 Å². The van der Waals surface area contributed by atoms with Gasteiger partial charge in [0.05, 0.1) is 24.1 Å². The highest BCUT2D eigenvalue weighted by molar-refractivity contribution is 6.33. The molecule has 2 bridgehead atoms. The average Bonchev–Trinajstić information content (AvgIpc) is 3.07. The van der Waals surface area contributed by atoms with Gasteiger partial charge < -0.3 is 4.74 Å². The maximum atomic E-state index is 13.8. The molecular weight excluding hydrogens is 410 g/mol. The molecule has 0 saturated carbocycles. The van der Waals surface area contributed by atoms with Gasteiger partial charge >= 0.3 is 0 Å². The molecule has 1 saturated heterocycles. The standard InChI is InChI=1S/C26H20ClNO3/c1-2-31-16-13-11-15(12-14-16)28-24(29)22-21-17-7-3-5-9-19(17)26(27,23(22)25(28)30)20-10-6-4-8-18(20)21/h3-14,21-23H,2H2,1H3. The Morgan fingerprint density at radius 2 is 1.45 bits per heavy atom. The van der Waals surface area contributed by atoms with Gasteiger partial charge in [0.25, 0.3) is 0 Å². The van der Waals surface area contributed by atoms with Crippen LogP contribution in [0.1, 0.15) is 35.1 Å². The second kappa shape index (κ2) is 6.44. The lowest BCUT2D eigenvalue weighted by Crippen LogP contribution is -2.50. The summed E-state index contributed by atoms with van der Waals surface area (Å²) in [5, 5.41) is 0. The van der Waals surface area contributed by atoms with E-state index in [-0.39, 0.29) is 17.7 Å². The van der Waals surface area contributed by atoms with Crippen molar-refractivity contribution in [3.05, 3.63) is 95.1 Å². The number of imide groups is 1. The van der Waals surface area contributed by atoms with E-state index in [1.54, 1.807) is 24.3 Å². The van der Waals surface area contributed by atoms with Crippen molar-refractivity contribution in [2.24, 2.45) is 11.8 Å². The van der Waals surface area contributed by atoms with Crippen LogP contribution in [0, 0.1) is 11.8 Å². The Balaban J connectivity index is 1.53. The van der Waals surface area contributed by atoms with Crippen LogP contribution in [-0.2, 0) is 14.5 Å². The Morgan fingerprint density at radius 3 is 2.03 bits per heavy atom. The van der Waals surface area contributed by atoms with Gasteiger partial charge in [-0.25, -0.2) is 4.90 Å². The molecule has 3 aromatic rings. The monoisotopic (exact) mass is 429 g/mol. The summed E-state index contributed by atoms with van der Waals surface area (Å²) >= 11 is 7.42. The van der Waals surface area contributed by atoms with Crippen molar-refractivity contribution in [1.82, 2.24) is 0 Å². The predicted octanol–water partition coefficient (Wildman–Crippen LogP) is 4.83. The summed E-state index contributed by atoms with van der Waals surface area (Å²) in [5.74, 6) is -1.04. The molecule has 3 aliphatic carbocycles. The highest BCUT2D eigenvalue weighted by Gasteiger charge is 2.67. The molecule has 2 atom stereocenters. The zero-order valence-electron chi connectivity index (χ0n) is 16.9. The van der Waals surface area contributed by atoms with Crippen molar-refractivity contribution in [2.75, 3.05) is 11.5 Å². The third-order valence-corrected chi connectivity index (χ3v) is 7.56. The first-order chi connectivity index (χ1) is 15.1. The number of hydrogen-bond donors (Lipinski definition) is 0. The van der Waals surface area contributed by atoms with E-state index in [4.69, 9.17) is 16.3 Å². The zero-order chi connectivity index (χ0) is 21.3. The minimum absolute atomic E-state index is 0.179. The summed E-state index contributed by atoms with van der Waals surface area (Å²) < 4.78 is 5.51. The highest BCUT2D eigenvalue weighted by Crippen LogP contribution is 2.65. The molecule has 4 nitrogen and oxygen atoms in total. The minimum atomic E-state index is -1.06. The molecule has 31 heavy (non-hydrogen) atoms. The quantitative estimate of drug-likeness (QED) is 0.442. The van der Waals surface area contributed by atoms with E-state index in [1.807, 2.05) is 55.5 Å². The Morgan fingerprint density at radius 1 is 0.871 bits per heavy atom. The Labute approximate surface area is 185 Å². The van der Waals surface area contributed by atoms with Gasteiger partial charge in [0.15, 0.2) is 0 Å². The van der Waals surface area contributed by atoms with E-state index in [9.17, 15) is 9.59 Å². The summed E-state index contributed by atoms with van der Waals surface area (Å²) in [6, 6.07) is 23.0. The van der Waals surface area contributed by atoms with Gasteiger partial charge in [-0.1, -0.05) is 48.5 Å². The lowest BCUT2D eigenvalue weighted by atomic mass is 9.54. The molecule has 0 N–H and O–H groups in total. The molecule has 5 heteroatoms. The minimum Gasteiger partial charge on any atom is -0.494 e. The highest BCUT2D eigenvalue weighted by atomic mass is 35.5. The fraction of sp³-hybridized carbons (Fsp3) is 0.231. The largest absolute Gasteiger partial charge is 0.494 e. The number of hydrogen-bond acceptors (Lipinski definition) is 3. The van der Waals surface area contributed by atoms with Crippen molar-refractivity contribution >= 4 is 29.1 Å². The third-order valence-electron chi connectivity index (χ3n) is 6.92. The number of rotatable bonds is 3. The zero-order valence-corrected chi connectivity index (χ0v) is 17.7. The fourth-order valence-corrected chi connectivity index (χ4v) is 6.37. The average molecular weight is 430 g/mol. The van der Waals surface area contributed by atoms with E-state index in [1.165, 1.54) is 4.90 Å². The SMILES string of the molecule is CCOc1ccc(N2C(=O)C3C4c5ccccc5C(Cl)(c5ccccc54)C3C2=O)cc1. The Kier molecular flexibility index (Phi) is 3.87. The van der Waals surface area contributed by atoms with Gasteiger partial charge in [0.2, 0.25) is 11.8 Å². The second-order valence-electron chi connectivity index (χ2n) is 8.31. The number of benzene rings is 3. The first-order valence-corrected chi connectivity index (χ1v) is 10.9. The van der Waals surface area contributed by atoms with E-state index < -0.39 is 16.7 Å². The number of halogens is 1. The molecule has 2 unspecified atom stereocenters. The first kappa shape index (κ1) is 18.6. The van der Waals surface area contributed by atoms with E-state index >= 15 is 0 Å². The smallest absolute Gasteiger partial charge is 0.240 e. The number of anilines is 1. The fourth-order valence-electron chi connectivity index (χ4n) is 5.79. The van der Waals surface area contributed by atoms with Gasteiger partial charge in [-0.3, -0.25) is 9.59 Å². The van der Waals surface area contributed by atoms with Gasteiger partial charge in [-0.15, -0.1) is 11.6 Å². The van der Waals surface area contributed by atoms with Crippen molar-refractivity contribution < 1.29 is 14.3 Å². The van der Waals surface area contributed by atoms with Crippen LogP contribution in [0.25, 0.3) is 0 Å². The number of ether oxygens (including phenoxy) is 1. The molecule has 7 rings (SSSR count). The predicted molar refractivity (Wildman–Crippen MR) is 118 cm³/mol. The van der Waals surface area contributed by atoms with Crippen LogP contribution in [0.4, 0.5) is 5.69 Å². The molecule has 2 amide bonds. The number of carbonyl (C=O) groups is 2. The molecule has 0 aromatic heterocycles. The normalized spacial score (nSPS) is 27.7. The molecule has 1 heterocycles. The van der Waals surface area contributed by atoms with Gasteiger partial charge in [0, 0.05) is 5.92 Å². The summed E-state index contributed by atoms with van der Waals surface area (Å²) in [6.45, 7) is 2.47. The molecule has 3 aromatic carbocycles. The molecule has 4 aliphatic rings. The maximum Gasteiger partial charge on any atom is 0.240 e. The molecule has 154 valence electrons. The Bertz CT molecular complexity index is 1190. The number of nitrogens with zero attached hydrogens (tertiary/aromatic N) is 1. The van der Waals surface area contributed by atoms with Crippen molar-refractivity contribution in [3.63, 3.8) is 0 Å². The summed E-state index contributed by atoms with van der Waals surface area (Å²) in [6.07, 6.45) is 0. The first-order valence-electron chi connectivity index (χ1n) is 10.6. The van der Waals surface area contributed by atoms with E-state index in [0.29, 0.717) is 18.0 Å². The Hall–Kier alpha value is -3.11. The number of amides is 2. The van der Waals surface area contributed by atoms with Crippen LogP contribution in [-0.4, -0.2) is 18.4 Å². The molecule has 0 radical (unpaired) electrons. The van der Waals surface area contributed by atoms with E-state index in [0.717, 1.165) is 22.3 Å². The van der Waals surface area contributed by atoms with Gasteiger partial charge in [-0.2, -0.15) is 0 Å². The molecule has 1 fully saturated rings. The third kappa shape index (κ3) is 2.26. The summed E-state index contributed by atoms with van der Waals surface area (Å²) in [7, 11) is 0. The molecule has 0 spiro atoms. The van der Waals surface area contributed by atoms with E-state index in [2.05, 4.69) is 0 Å². The summed E-state index contributed by atoms with van der Waals surface area (Å²) in [5.41, 5.74) is 4.53.